The van der Waals surface area contributed by atoms with Crippen LogP contribution in [0.4, 0.5) is 5.69 Å². The number of nitrogens with one attached hydrogen (secondary N) is 1. The molecule has 0 aliphatic carbocycles. The first-order valence-corrected chi connectivity index (χ1v) is 8.13. The van der Waals surface area contributed by atoms with Crippen LogP contribution in [0.3, 0.4) is 0 Å². The Morgan fingerprint density at radius 1 is 1.13 bits per heavy atom. The molecule has 2 aromatic carbocycles. The lowest BCUT2D eigenvalue weighted by Gasteiger charge is -2.23. The molecule has 4 nitrogen and oxygen atoms in total. The second-order valence-electron chi connectivity index (χ2n) is 5.54. The van der Waals surface area contributed by atoms with Crippen molar-refractivity contribution in [3.63, 3.8) is 0 Å². The number of hydrogen-bond donors (Lipinski definition) is 2. The van der Waals surface area contributed by atoms with Gasteiger partial charge in [0.25, 0.3) is 0 Å². The van der Waals surface area contributed by atoms with Crippen LogP contribution in [-0.2, 0) is 4.79 Å². The van der Waals surface area contributed by atoms with E-state index in [1.807, 2.05) is 36.4 Å². The number of nitrogens with zero attached hydrogens (tertiary/aromatic N) is 1. The smallest absolute Gasteiger partial charge is 0.225 e. The fraction of sp³-hybridized carbons (Fsp3) is 0.111. The third-order valence-corrected chi connectivity index (χ3v) is 4.97. The number of fused-ring (bicyclic) bond motifs is 1. The third-order valence-electron chi connectivity index (χ3n) is 4.01. The fourth-order valence-corrected chi connectivity index (χ4v) is 3.91. The Kier molecular flexibility index (Phi) is 3.35. The highest BCUT2D eigenvalue weighted by molar-refractivity contribution is 7.07. The zero-order valence-electron chi connectivity index (χ0n) is 12.2. The molecule has 4 rings (SSSR count). The van der Waals surface area contributed by atoms with E-state index in [0.29, 0.717) is 6.42 Å². The fourth-order valence-electron chi connectivity index (χ4n) is 2.93. The summed E-state index contributed by atoms with van der Waals surface area (Å²) in [6.45, 7) is 0. The van der Waals surface area contributed by atoms with Gasteiger partial charge in [-0.05, 0) is 29.2 Å². The number of aromatic hydroxyl groups is 1. The van der Waals surface area contributed by atoms with Crippen LogP contribution >= 0.6 is 11.5 Å². The monoisotopic (exact) mass is 322 g/mol. The van der Waals surface area contributed by atoms with Crippen molar-refractivity contribution in [2.75, 3.05) is 5.32 Å². The van der Waals surface area contributed by atoms with Crippen molar-refractivity contribution >= 4 is 23.1 Å². The van der Waals surface area contributed by atoms with Gasteiger partial charge in [-0.15, -0.1) is 0 Å². The summed E-state index contributed by atoms with van der Waals surface area (Å²) in [6, 6.07) is 16.9. The highest BCUT2D eigenvalue weighted by Crippen LogP contribution is 2.44. The van der Waals surface area contributed by atoms with Gasteiger partial charge in [0.1, 0.15) is 11.4 Å². The number of phenolic OH excluding ortho intramolecular Hbond substituents is 1. The number of carbonyl (C=O) groups is 1. The molecule has 1 amide bonds. The SMILES string of the molecule is O=C1CC(c2cccc(O)c2)c2snc(-c3ccccc3)c2N1. The van der Waals surface area contributed by atoms with Crippen LogP contribution in [0.1, 0.15) is 22.8 Å². The quantitative estimate of drug-likeness (QED) is 0.750. The molecular weight excluding hydrogens is 308 g/mol. The molecule has 5 heteroatoms. The van der Waals surface area contributed by atoms with Crippen LogP contribution in [-0.4, -0.2) is 15.4 Å². The molecule has 0 saturated carbocycles. The number of anilines is 1. The van der Waals surface area contributed by atoms with Crippen molar-refractivity contribution in [3.8, 4) is 17.0 Å². The van der Waals surface area contributed by atoms with E-state index in [9.17, 15) is 9.90 Å². The minimum Gasteiger partial charge on any atom is -0.508 e. The number of carbonyl (C=O) groups excluding carboxylic acids is 1. The van der Waals surface area contributed by atoms with Crippen LogP contribution in [0, 0.1) is 0 Å². The van der Waals surface area contributed by atoms with Gasteiger partial charge in [0.15, 0.2) is 0 Å². The van der Waals surface area contributed by atoms with Crippen LogP contribution < -0.4 is 5.32 Å². The summed E-state index contributed by atoms with van der Waals surface area (Å²) < 4.78 is 4.57. The van der Waals surface area contributed by atoms with E-state index >= 15 is 0 Å². The maximum absolute atomic E-state index is 12.2. The Bertz CT molecular complexity index is 874. The summed E-state index contributed by atoms with van der Waals surface area (Å²) >= 11 is 1.41. The first-order chi connectivity index (χ1) is 11.2. The first-order valence-electron chi connectivity index (χ1n) is 7.36. The van der Waals surface area contributed by atoms with Gasteiger partial charge in [0, 0.05) is 17.9 Å². The van der Waals surface area contributed by atoms with E-state index in [1.165, 1.54) is 11.5 Å². The molecule has 0 radical (unpaired) electrons. The van der Waals surface area contributed by atoms with Crippen molar-refractivity contribution < 1.29 is 9.90 Å². The third kappa shape index (κ3) is 2.49. The van der Waals surface area contributed by atoms with Gasteiger partial charge in [0.05, 0.1) is 10.6 Å². The molecule has 1 atom stereocenters. The summed E-state index contributed by atoms with van der Waals surface area (Å²) in [5.74, 6) is 0.117. The van der Waals surface area contributed by atoms with Crippen LogP contribution in [0.15, 0.2) is 54.6 Å². The molecular formula is C18H14N2O2S. The predicted molar refractivity (Wildman–Crippen MR) is 90.7 cm³/mol. The maximum atomic E-state index is 12.2. The zero-order chi connectivity index (χ0) is 15.8. The number of rotatable bonds is 2. The first kappa shape index (κ1) is 14.0. The minimum atomic E-state index is -0.0687. The molecule has 1 aliphatic heterocycles. The number of amides is 1. The van der Waals surface area contributed by atoms with Gasteiger partial charge in [-0.25, -0.2) is 0 Å². The lowest BCUT2D eigenvalue weighted by Crippen LogP contribution is -2.22. The molecule has 0 bridgehead atoms. The second kappa shape index (κ2) is 5.52. The molecule has 0 fully saturated rings. The van der Waals surface area contributed by atoms with Crippen molar-refractivity contribution in [1.82, 2.24) is 4.37 Å². The summed E-state index contributed by atoms with van der Waals surface area (Å²) in [4.78, 5) is 13.2. The Balaban J connectivity index is 1.83. The molecule has 2 N–H and O–H groups in total. The molecule has 1 aromatic heterocycles. The molecule has 1 aliphatic rings. The van der Waals surface area contributed by atoms with Gasteiger partial charge in [-0.1, -0.05) is 42.5 Å². The van der Waals surface area contributed by atoms with E-state index in [0.717, 1.165) is 27.4 Å². The van der Waals surface area contributed by atoms with Crippen molar-refractivity contribution in [3.05, 3.63) is 65.0 Å². The van der Waals surface area contributed by atoms with Crippen molar-refractivity contribution in [2.24, 2.45) is 0 Å². The van der Waals surface area contributed by atoms with E-state index in [2.05, 4.69) is 9.69 Å². The molecule has 2 heterocycles. The summed E-state index contributed by atoms with van der Waals surface area (Å²) in [6.07, 6.45) is 0.368. The normalized spacial score (nSPS) is 16.7. The van der Waals surface area contributed by atoms with Crippen LogP contribution in [0.25, 0.3) is 11.3 Å². The van der Waals surface area contributed by atoms with E-state index in [4.69, 9.17) is 0 Å². The topological polar surface area (TPSA) is 62.2 Å². The predicted octanol–water partition coefficient (Wildman–Crippen LogP) is 3.99. The standard InChI is InChI=1S/C18H14N2O2S/c21-13-8-4-7-12(9-13)14-10-15(22)19-17-16(20-23-18(14)17)11-5-2-1-3-6-11/h1-9,14,21H,10H2,(H,19,22). The van der Waals surface area contributed by atoms with Gasteiger partial charge in [-0.3, -0.25) is 4.79 Å². The summed E-state index contributed by atoms with van der Waals surface area (Å²) in [5.41, 5.74) is 3.53. The highest BCUT2D eigenvalue weighted by Gasteiger charge is 2.31. The molecule has 23 heavy (non-hydrogen) atoms. The minimum absolute atomic E-state index is 0.0248. The average Bonchev–Trinajstić information content (AvgIpc) is 2.98. The number of phenols is 1. The van der Waals surface area contributed by atoms with Gasteiger partial charge < -0.3 is 10.4 Å². The summed E-state index contributed by atoms with van der Waals surface area (Å²) in [5, 5.41) is 12.7. The van der Waals surface area contributed by atoms with Crippen LogP contribution in [0.5, 0.6) is 5.75 Å². The van der Waals surface area contributed by atoms with Crippen molar-refractivity contribution in [2.45, 2.75) is 12.3 Å². The Morgan fingerprint density at radius 3 is 2.74 bits per heavy atom. The van der Waals surface area contributed by atoms with E-state index in [1.54, 1.807) is 18.2 Å². The average molecular weight is 322 g/mol. The molecule has 3 aromatic rings. The van der Waals surface area contributed by atoms with Crippen molar-refractivity contribution in [1.29, 1.82) is 0 Å². The zero-order valence-corrected chi connectivity index (χ0v) is 13.0. The van der Waals surface area contributed by atoms with Crippen LogP contribution in [0.2, 0.25) is 0 Å². The van der Waals surface area contributed by atoms with Gasteiger partial charge >= 0.3 is 0 Å². The lowest BCUT2D eigenvalue weighted by atomic mass is 9.89. The molecule has 114 valence electrons. The number of aromatic nitrogens is 1. The Labute approximate surface area is 137 Å². The molecule has 0 spiro atoms. The Morgan fingerprint density at radius 2 is 1.96 bits per heavy atom. The largest absolute Gasteiger partial charge is 0.508 e. The van der Waals surface area contributed by atoms with E-state index < -0.39 is 0 Å². The van der Waals surface area contributed by atoms with E-state index in [-0.39, 0.29) is 17.6 Å². The highest BCUT2D eigenvalue weighted by atomic mass is 32.1. The number of benzene rings is 2. The summed E-state index contributed by atoms with van der Waals surface area (Å²) in [7, 11) is 0. The Hall–Kier alpha value is -2.66. The van der Waals surface area contributed by atoms with Gasteiger partial charge in [0.2, 0.25) is 5.91 Å². The number of hydrogen-bond acceptors (Lipinski definition) is 4. The molecule has 1 unspecified atom stereocenters. The second-order valence-corrected chi connectivity index (χ2v) is 6.34. The van der Waals surface area contributed by atoms with Gasteiger partial charge in [-0.2, -0.15) is 4.37 Å². The maximum Gasteiger partial charge on any atom is 0.225 e. The lowest BCUT2D eigenvalue weighted by molar-refractivity contribution is -0.116. The molecule has 0 saturated heterocycles.